The highest BCUT2D eigenvalue weighted by molar-refractivity contribution is 6.32. The first kappa shape index (κ1) is 12.4. The van der Waals surface area contributed by atoms with E-state index in [0.717, 1.165) is 0 Å². The minimum atomic E-state index is -1.15. The Labute approximate surface area is 95.8 Å². The van der Waals surface area contributed by atoms with E-state index in [1.165, 1.54) is 18.2 Å². The molecular formula is C9H9ClN2O4. The molecule has 1 unspecified atom stereocenters. The summed E-state index contributed by atoms with van der Waals surface area (Å²) < 4.78 is 0. The van der Waals surface area contributed by atoms with Gasteiger partial charge in [0.15, 0.2) is 0 Å². The molecule has 16 heavy (non-hydrogen) atoms. The van der Waals surface area contributed by atoms with Crippen LogP contribution in [0.2, 0.25) is 5.02 Å². The number of carboxylic acid groups (broad SMARTS) is 1. The van der Waals surface area contributed by atoms with Gasteiger partial charge in [0.25, 0.3) is 5.69 Å². The van der Waals surface area contributed by atoms with Crippen molar-refractivity contribution < 1.29 is 14.8 Å². The van der Waals surface area contributed by atoms with E-state index in [1.807, 2.05) is 0 Å². The maximum Gasteiger partial charge on any atom is 0.320 e. The summed E-state index contributed by atoms with van der Waals surface area (Å²) in [5.74, 6) is -1.15. The highest BCUT2D eigenvalue weighted by atomic mass is 35.5. The molecule has 1 aromatic carbocycles. The molecule has 86 valence electrons. The second-order valence-electron chi connectivity index (χ2n) is 3.19. The predicted octanol–water partition coefficient (Wildman–Crippen LogP) is 1.20. The molecule has 0 heterocycles. The summed E-state index contributed by atoms with van der Waals surface area (Å²) in [5.41, 5.74) is 5.52. The molecule has 0 radical (unpaired) electrons. The number of nitrogens with zero attached hydrogens (tertiary/aromatic N) is 1. The number of benzene rings is 1. The highest BCUT2D eigenvalue weighted by Crippen LogP contribution is 2.25. The van der Waals surface area contributed by atoms with E-state index < -0.39 is 16.9 Å². The Kier molecular flexibility index (Phi) is 3.81. The van der Waals surface area contributed by atoms with E-state index in [-0.39, 0.29) is 17.1 Å². The van der Waals surface area contributed by atoms with Crippen LogP contribution in [0.4, 0.5) is 5.69 Å². The number of carbonyl (C=O) groups is 1. The van der Waals surface area contributed by atoms with Gasteiger partial charge in [-0.25, -0.2) is 0 Å². The number of hydrogen-bond donors (Lipinski definition) is 2. The quantitative estimate of drug-likeness (QED) is 0.611. The van der Waals surface area contributed by atoms with Crippen LogP contribution >= 0.6 is 11.6 Å². The number of nitro benzene ring substituents is 1. The summed E-state index contributed by atoms with van der Waals surface area (Å²) in [6, 6.07) is 3.01. The molecule has 0 bridgehead atoms. The zero-order valence-electron chi connectivity index (χ0n) is 8.09. The summed E-state index contributed by atoms with van der Waals surface area (Å²) in [6.07, 6.45) is 0.0212. The zero-order chi connectivity index (χ0) is 12.3. The van der Waals surface area contributed by atoms with Gasteiger partial charge in [0.2, 0.25) is 0 Å². The predicted molar refractivity (Wildman–Crippen MR) is 57.4 cm³/mol. The number of hydrogen-bond acceptors (Lipinski definition) is 4. The van der Waals surface area contributed by atoms with Crippen molar-refractivity contribution in [1.29, 1.82) is 0 Å². The minimum absolute atomic E-state index is 0.0117. The van der Waals surface area contributed by atoms with Crippen molar-refractivity contribution in [1.82, 2.24) is 0 Å². The molecule has 0 aliphatic carbocycles. The fourth-order valence-electron chi connectivity index (χ4n) is 1.17. The van der Waals surface area contributed by atoms with Crippen molar-refractivity contribution in [2.75, 3.05) is 0 Å². The van der Waals surface area contributed by atoms with E-state index in [1.54, 1.807) is 0 Å². The Hall–Kier alpha value is -1.66. The van der Waals surface area contributed by atoms with Crippen LogP contribution < -0.4 is 5.73 Å². The van der Waals surface area contributed by atoms with E-state index in [2.05, 4.69) is 0 Å². The minimum Gasteiger partial charge on any atom is -0.480 e. The molecule has 1 rings (SSSR count). The van der Waals surface area contributed by atoms with Gasteiger partial charge in [-0.3, -0.25) is 14.9 Å². The standard InChI is InChI=1S/C9H9ClN2O4/c10-6-2-1-5(3-7(11)9(13)14)4-8(6)12(15)16/h1-2,4,7H,3,11H2,(H,13,14). The molecule has 6 nitrogen and oxygen atoms in total. The van der Waals surface area contributed by atoms with Crippen LogP contribution in [0.15, 0.2) is 18.2 Å². The van der Waals surface area contributed by atoms with Gasteiger partial charge in [-0.05, 0) is 18.1 Å². The smallest absolute Gasteiger partial charge is 0.320 e. The monoisotopic (exact) mass is 244 g/mol. The van der Waals surface area contributed by atoms with Crippen molar-refractivity contribution in [3.05, 3.63) is 38.9 Å². The second kappa shape index (κ2) is 4.91. The Balaban J connectivity index is 2.95. The molecule has 0 saturated carbocycles. The molecule has 1 atom stereocenters. The number of nitro groups is 1. The Morgan fingerprint density at radius 3 is 2.75 bits per heavy atom. The van der Waals surface area contributed by atoms with Gasteiger partial charge in [0.1, 0.15) is 11.1 Å². The number of rotatable bonds is 4. The van der Waals surface area contributed by atoms with Gasteiger partial charge < -0.3 is 10.8 Å². The molecule has 3 N–H and O–H groups in total. The number of carboxylic acids is 1. The van der Waals surface area contributed by atoms with Gasteiger partial charge in [0.05, 0.1) is 4.92 Å². The lowest BCUT2D eigenvalue weighted by atomic mass is 10.1. The average Bonchev–Trinajstić information content (AvgIpc) is 2.20. The fourth-order valence-corrected chi connectivity index (χ4v) is 1.35. The first-order valence-electron chi connectivity index (χ1n) is 4.33. The topological polar surface area (TPSA) is 106 Å². The SMILES string of the molecule is NC(Cc1ccc(Cl)c([N+](=O)[O-])c1)C(=O)O. The lowest BCUT2D eigenvalue weighted by Gasteiger charge is -2.06. The number of nitrogens with two attached hydrogens (primary N) is 1. The second-order valence-corrected chi connectivity index (χ2v) is 3.60. The molecule has 0 aliphatic heterocycles. The van der Waals surface area contributed by atoms with Gasteiger partial charge >= 0.3 is 5.97 Å². The van der Waals surface area contributed by atoms with E-state index in [0.29, 0.717) is 5.56 Å². The first-order chi connectivity index (χ1) is 7.41. The molecule has 1 aromatic rings. The third-order valence-electron chi connectivity index (χ3n) is 1.98. The van der Waals surface area contributed by atoms with Crippen LogP contribution in [0.5, 0.6) is 0 Å². The molecule has 0 fully saturated rings. The first-order valence-corrected chi connectivity index (χ1v) is 4.71. The maximum atomic E-state index is 10.6. The van der Waals surface area contributed by atoms with Gasteiger partial charge in [-0.1, -0.05) is 17.7 Å². The third kappa shape index (κ3) is 2.91. The summed E-state index contributed by atoms with van der Waals surface area (Å²) in [6.45, 7) is 0. The van der Waals surface area contributed by atoms with Crippen LogP contribution in [-0.2, 0) is 11.2 Å². The van der Waals surface area contributed by atoms with Crippen LogP contribution in [0.1, 0.15) is 5.56 Å². The summed E-state index contributed by atoms with van der Waals surface area (Å²) in [7, 11) is 0. The van der Waals surface area contributed by atoms with Crippen LogP contribution in [-0.4, -0.2) is 22.0 Å². The molecular weight excluding hydrogens is 236 g/mol. The lowest BCUT2D eigenvalue weighted by Crippen LogP contribution is -2.32. The Morgan fingerprint density at radius 1 is 1.62 bits per heavy atom. The Morgan fingerprint density at radius 2 is 2.25 bits per heavy atom. The normalized spacial score (nSPS) is 12.1. The van der Waals surface area contributed by atoms with Crippen molar-refractivity contribution in [3.63, 3.8) is 0 Å². The highest BCUT2D eigenvalue weighted by Gasteiger charge is 2.16. The van der Waals surface area contributed by atoms with Crippen LogP contribution in [0, 0.1) is 10.1 Å². The van der Waals surface area contributed by atoms with Gasteiger partial charge in [0, 0.05) is 6.07 Å². The lowest BCUT2D eigenvalue weighted by molar-refractivity contribution is -0.384. The summed E-state index contributed by atoms with van der Waals surface area (Å²) >= 11 is 5.60. The van der Waals surface area contributed by atoms with Crippen molar-refractivity contribution in [2.24, 2.45) is 5.73 Å². The number of aliphatic carboxylic acids is 1. The maximum absolute atomic E-state index is 10.6. The van der Waals surface area contributed by atoms with Gasteiger partial charge in [-0.2, -0.15) is 0 Å². The molecule has 0 amide bonds. The zero-order valence-corrected chi connectivity index (χ0v) is 8.85. The molecule has 0 aliphatic rings. The van der Waals surface area contributed by atoms with Gasteiger partial charge in [-0.15, -0.1) is 0 Å². The van der Waals surface area contributed by atoms with E-state index in [4.69, 9.17) is 22.4 Å². The molecule has 0 spiro atoms. The van der Waals surface area contributed by atoms with Crippen molar-refractivity contribution in [2.45, 2.75) is 12.5 Å². The fraction of sp³-hybridized carbons (Fsp3) is 0.222. The van der Waals surface area contributed by atoms with Crippen LogP contribution in [0.3, 0.4) is 0 Å². The third-order valence-corrected chi connectivity index (χ3v) is 2.30. The molecule has 7 heteroatoms. The largest absolute Gasteiger partial charge is 0.480 e. The number of halogens is 1. The summed E-state index contributed by atoms with van der Waals surface area (Å²) in [4.78, 5) is 20.4. The Bertz CT molecular complexity index is 436. The van der Waals surface area contributed by atoms with E-state index in [9.17, 15) is 14.9 Å². The van der Waals surface area contributed by atoms with E-state index >= 15 is 0 Å². The molecule has 0 saturated heterocycles. The van der Waals surface area contributed by atoms with Crippen molar-refractivity contribution >= 4 is 23.3 Å². The van der Waals surface area contributed by atoms with Crippen LogP contribution in [0.25, 0.3) is 0 Å². The van der Waals surface area contributed by atoms with Crippen molar-refractivity contribution in [3.8, 4) is 0 Å². The average molecular weight is 245 g/mol. The summed E-state index contributed by atoms with van der Waals surface area (Å²) in [5, 5.41) is 19.2. The molecule has 0 aromatic heterocycles.